The molecule has 0 aliphatic carbocycles. The number of nitrogens with one attached hydrogen (secondary N) is 1. The highest BCUT2D eigenvalue weighted by molar-refractivity contribution is 7.10. The molecule has 0 saturated carbocycles. The Morgan fingerprint density at radius 1 is 1.56 bits per heavy atom. The molecule has 1 unspecified atom stereocenters. The molecule has 1 atom stereocenters. The lowest BCUT2D eigenvalue weighted by Gasteiger charge is -2.20. The number of rotatable bonds is 7. The summed E-state index contributed by atoms with van der Waals surface area (Å²) < 4.78 is 5.64. The van der Waals surface area contributed by atoms with E-state index in [9.17, 15) is 0 Å². The second-order valence-corrected chi connectivity index (χ2v) is 6.10. The fourth-order valence-corrected chi connectivity index (χ4v) is 3.16. The van der Waals surface area contributed by atoms with E-state index in [0.717, 1.165) is 32.8 Å². The van der Waals surface area contributed by atoms with Crippen LogP contribution >= 0.6 is 11.3 Å². The molecule has 1 aliphatic rings. The maximum absolute atomic E-state index is 5.64. The van der Waals surface area contributed by atoms with Gasteiger partial charge in [0.05, 0.1) is 6.10 Å². The van der Waals surface area contributed by atoms with Crippen molar-refractivity contribution in [2.24, 2.45) is 0 Å². The van der Waals surface area contributed by atoms with Crippen molar-refractivity contribution in [2.75, 3.05) is 33.3 Å². The van der Waals surface area contributed by atoms with Gasteiger partial charge in [0.25, 0.3) is 0 Å². The summed E-state index contributed by atoms with van der Waals surface area (Å²) in [7, 11) is 2.18. The molecule has 0 spiro atoms. The van der Waals surface area contributed by atoms with Crippen LogP contribution < -0.4 is 5.32 Å². The molecule has 1 aliphatic heterocycles. The van der Waals surface area contributed by atoms with E-state index < -0.39 is 0 Å². The van der Waals surface area contributed by atoms with E-state index >= 15 is 0 Å². The number of nitrogens with zero attached hydrogens (tertiary/aromatic N) is 1. The van der Waals surface area contributed by atoms with Crippen LogP contribution in [0.3, 0.4) is 0 Å². The van der Waals surface area contributed by atoms with Gasteiger partial charge < -0.3 is 15.0 Å². The van der Waals surface area contributed by atoms with E-state index in [1.165, 1.54) is 23.3 Å². The van der Waals surface area contributed by atoms with Gasteiger partial charge in [-0.25, -0.2) is 0 Å². The van der Waals surface area contributed by atoms with Crippen molar-refractivity contribution in [3.05, 3.63) is 21.9 Å². The molecule has 102 valence electrons. The van der Waals surface area contributed by atoms with Gasteiger partial charge in [-0.15, -0.1) is 11.3 Å². The molecule has 0 amide bonds. The molecule has 1 aromatic rings. The fraction of sp³-hybridized carbons (Fsp3) is 0.714. The molecule has 4 heteroatoms. The standard InChI is InChI=1S/C14H24N2OS/c1-12-5-9-18-14(12)10-15-6-7-16(2)11-13-4-3-8-17-13/h5,9,13,15H,3-4,6-8,10-11H2,1-2H3. The smallest absolute Gasteiger partial charge is 0.0702 e. The zero-order valence-electron chi connectivity index (χ0n) is 11.4. The molecule has 1 fully saturated rings. The van der Waals surface area contributed by atoms with Crippen molar-refractivity contribution in [1.29, 1.82) is 0 Å². The van der Waals surface area contributed by atoms with Gasteiger partial charge in [-0.05, 0) is 43.8 Å². The summed E-state index contributed by atoms with van der Waals surface area (Å²) in [6, 6.07) is 2.19. The van der Waals surface area contributed by atoms with E-state index in [0.29, 0.717) is 6.10 Å². The first-order valence-electron chi connectivity index (χ1n) is 6.79. The minimum Gasteiger partial charge on any atom is -0.377 e. The first-order chi connectivity index (χ1) is 8.75. The molecule has 1 N–H and O–H groups in total. The van der Waals surface area contributed by atoms with Crippen LogP contribution in [0.15, 0.2) is 11.4 Å². The van der Waals surface area contributed by atoms with Crippen molar-refractivity contribution >= 4 is 11.3 Å². The number of aryl methyl sites for hydroxylation is 1. The summed E-state index contributed by atoms with van der Waals surface area (Å²) in [6.45, 7) is 7.33. The predicted molar refractivity (Wildman–Crippen MR) is 77.2 cm³/mol. The average molecular weight is 268 g/mol. The van der Waals surface area contributed by atoms with Gasteiger partial charge in [-0.3, -0.25) is 0 Å². The average Bonchev–Trinajstić information content (AvgIpc) is 2.97. The van der Waals surface area contributed by atoms with Crippen LogP contribution in [0.5, 0.6) is 0 Å². The van der Waals surface area contributed by atoms with Gasteiger partial charge in [0, 0.05) is 37.7 Å². The number of likely N-dealkylation sites (N-methyl/N-ethyl adjacent to an activating group) is 1. The van der Waals surface area contributed by atoms with Gasteiger partial charge in [-0.2, -0.15) is 0 Å². The third-order valence-electron chi connectivity index (χ3n) is 3.46. The number of hydrogen-bond acceptors (Lipinski definition) is 4. The van der Waals surface area contributed by atoms with Crippen LogP contribution in [-0.2, 0) is 11.3 Å². The van der Waals surface area contributed by atoms with Crippen LogP contribution in [0.2, 0.25) is 0 Å². The van der Waals surface area contributed by atoms with Gasteiger partial charge >= 0.3 is 0 Å². The lowest BCUT2D eigenvalue weighted by atomic mass is 10.2. The Kier molecular flexibility index (Phi) is 5.63. The highest BCUT2D eigenvalue weighted by Crippen LogP contribution is 2.15. The maximum Gasteiger partial charge on any atom is 0.0702 e. The highest BCUT2D eigenvalue weighted by atomic mass is 32.1. The summed E-state index contributed by atoms with van der Waals surface area (Å²) in [5, 5.41) is 5.67. The Morgan fingerprint density at radius 3 is 3.11 bits per heavy atom. The van der Waals surface area contributed by atoms with Crippen LogP contribution in [0.25, 0.3) is 0 Å². The summed E-state index contributed by atoms with van der Waals surface area (Å²) in [6.07, 6.45) is 2.93. The zero-order chi connectivity index (χ0) is 12.8. The molecule has 0 bridgehead atoms. The topological polar surface area (TPSA) is 24.5 Å². The molecule has 2 rings (SSSR count). The van der Waals surface area contributed by atoms with Crippen molar-refractivity contribution < 1.29 is 4.74 Å². The zero-order valence-corrected chi connectivity index (χ0v) is 12.3. The summed E-state index contributed by atoms with van der Waals surface area (Å²) in [5.74, 6) is 0. The third kappa shape index (κ3) is 4.35. The third-order valence-corrected chi connectivity index (χ3v) is 4.49. The van der Waals surface area contributed by atoms with Gasteiger partial charge in [0.15, 0.2) is 0 Å². The van der Waals surface area contributed by atoms with E-state index in [1.54, 1.807) is 0 Å². The van der Waals surface area contributed by atoms with Crippen molar-refractivity contribution in [3.8, 4) is 0 Å². The van der Waals surface area contributed by atoms with E-state index in [1.807, 2.05) is 11.3 Å². The van der Waals surface area contributed by atoms with Gasteiger partial charge in [-0.1, -0.05) is 0 Å². The molecule has 1 aromatic heterocycles. The quantitative estimate of drug-likeness (QED) is 0.768. The molecule has 0 radical (unpaired) electrons. The molecular weight excluding hydrogens is 244 g/mol. The fourth-order valence-electron chi connectivity index (χ4n) is 2.28. The maximum atomic E-state index is 5.64. The predicted octanol–water partition coefficient (Wildman–Crippen LogP) is 2.26. The Hall–Kier alpha value is -0.420. The Bertz CT molecular complexity index is 347. The Morgan fingerprint density at radius 2 is 2.44 bits per heavy atom. The number of ether oxygens (including phenoxy) is 1. The largest absolute Gasteiger partial charge is 0.377 e. The monoisotopic (exact) mass is 268 g/mol. The van der Waals surface area contributed by atoms with Crippen molar-refractivity contribution in [2.45, 2.75) is 32.4 Å². The molecule has 2 heterocycles. The van der Waals surface area contributed by atoms with Crippen LogP contribution in [0, 0.1) is 6.92 Å². The Labute approximate surface area is 114 Å². The molecule has 1 saturated heterocycles. The first kappa shape index (κ1) is 14.0. The molecule has 18 heavy (non-hydrogen) atoms. The SMILES string of the molecule is Cc1ccsc1CNCCN(C)CC1CCCO1. The van der Waals surface area contributed by atoms with Crippen LogP contribution in [0.1, 0.15) is 23.3 Å². The molecular formula is C14H24N2OS. The first-order valence-corrected chi connectivity index (χ1v) is 7.67. The van der Waals surface area contributed by atoms with Gasteiger partial charge in [0.2, 0.25) is 0 Å². The van der Waals surface area contributed by atoms with Crippen molar-refractivity contribution in [1.82, 2.24) is 10.2 Å². The lowest BCUT2D eigenvalue weighted by molar-refractivity contribution is 0.0815. The van der Waals surface area contributed by atoms with Crippen molar-refractivity contribution in [3.63, 3.8) is 0 Å². The van der Waals surface area contributed by atoms with E-state index in [2.05, 4.69) is 35.6 Å². The normalized spacial score (nSPS) is 19.8. The second kappa shape index (κ2) is 7.24. The number of hydrogen-bond donors (Lipinski definition) is 1. The van der Waals surface area contributed by atoms with Crippen LogP contribution in [0.4, 0.5) is 0 Å². The molecule has 3 nitrogen and oxygen atoms in total. The van der Waals surface area contributed by atoms with Gasteiger partial charge in [0.1, 0.15) is 0 Å². The summed E-state index contributed by atoms with van der Waals surface area (Å²) in [5.41, 5.74) is 1.40. The Balaban J connectivity index is 1.56. The second-order valence-electron chi connectivity index (χ2n) is 5.10. The van der Waals surface area contributed by atoms with E-state index in [4.69, 9.17) is 4.74 Å². The lowest BCUT2D eigenvalue weighted by Crippen LogP contribution is -2.34. The highest BCUT2D eigenvalue weighted by Gasteiger charge is 2.16. The summed E-state index contributed by atoms with van der Waals surface area (Å²) >= 11 is 1.84. The van der Waals surface area contributed by atoms with Crippen LogP contribution in [-0.4, -0.2) is 44.3 Å². The minimum absolute atomic E-state index is 0.467. The molecule has 0 aromatic carbocycles. The minimum atomic E-state index is 0.467. The van der Waals surface area contributed by atoms with E-state index in [-0.39, 0.29) is 0 Å². The summed E-state index contributed by atoms with van der Waals surface area (Å²) in [4.78, 5) is 3.82. The number of thiophene rings is 1.